The summed E-state index contributed by atoms with van der Waals surface area (Å²) < 4.78 is 11.8. The highest BCUT2D eigenvalue weighted by atomic mass is 79.9. The second kappa shape index (κ2) is 6.78. The quantitative estimate of drug-likeness (QED) is 0.911. The van der Waals surface area contributed by atoms with Crippen molar-refractivity contribution >= 4 is 15.9 Å². The maximum absolute atomic E-state index is 5.49. The van der Waals surface area contributed by atoms with Crippen LogP contribution in [-0.2, 0) is 6.54 Å². The Hall–Kier alpha value is -0.780. The number of benzene rings is 1. The number of rotatable bonds is 4. The zero-order valence-electron chi connectivity index (χ0n) is 12.6. The Morgan fingerprint density at radius 3 is 2.30 bits per heavy atom. The monoisotopic (exact) mass is 342 g/mol. The van der Waals surface area contributed by atoms with Crippen LogP contribution in [0.1, 0.15) is 19.4 Å². The Morgan fingerprint density at radius 1 is 1.15 bits per heavy atom. The van der Waals surface area contributed by atoms with Gasteiger partial charge in [0.05, 0.1) is 18.7 Å². The molecule has 1 aliphatic rings. The molecule has 0 amide bonds. The Bertz CT molecular complexity index is 457. The molecule has 1 heterocycles. The van der Waals surface area contributed by atoms with Crippen LogP contribution in [0.4, 0.5) is 0 Å². The fourth-order valence-electron chi connectivity index (χ4n) is 2.86. The number of halogens is 1. The van der Waals surface area contributed by atoms with Crippen LogP contribution >= 0.6 is 15.9 Å². The molecule has 0 aliphatic carbocycles. The number of hydrogen-bond donors (Lipinski definition) is 1. The zero-order valence-corrected chi connectivity index (χ0v) is 14.2. The van der Waals surface area contributed by atoms with E-state index in [1.165, 1.54) is 0 Å². The molecule has 0 bridgehead atoms. The Kier molecular flexibility index (Phi) is 5.29. The lowest BCUT2D eigenvalue weighted by molar-refractivity contribution is 0.165. The van der Waals surface area contributed by atoms with Crippen LogP contribution < -0.4 is 14.8 Å². The number of nitrogens with zero attached hydrogens (tertiary/aromatic N) is 1. The second-order valence-corrected chi connectivity index (χ2v) is 6.32. The standard InChI is InChI=1S/C15H23BrN2O2/c1-10-7-18(8-11(2)17-10)9-12-5-15(20-4)13(16)6-14(12)19-3/h5-6,10-11,17H,7-9H2,1-4H3. The molecule has 2 unspecified atom stereocenters. The van der Waals surface area contributed by atoms with Gasteiger partial charge in [0.25, 0.3) is 0 Å². The average Bonchev–Trinajstić information content (AvgIpc) is 2.39. The van der Waals surface area contributed by atoms with E-state index in [1.807, 2.05) is 6.07 Å². The molecule has 20 heavy (non-hydrogen) atoms. The lowest BCUT2D eigenvalue weighted by atomic mass is 10.1. The van der Waals surface area contributed by atoms with Crippen molar-refractivity contribution in [3.05, 3.63) is 22.2 Å². The largest absolute Gasteiger partial charge is 0.496 e. The molecule has 2 rings (SSSR count). The van der Waals surface area contributed by atoms with Crippen LogP contribution in [0.5, 0.6) is 11.5 Å². The van der Waals surface area contributed by atoms with Gasteiger partial charge in [-0.1, -0.05) is 0 Å². The predicted molar refractivity (Wildman–Crippen MR) is 84.6 cm³/mol. The van der Waals surface area contributed by atoms with Crippen LogP contribution in [0, 0.1) is 0 Å². The van der Waals surface area contributed by atoms with Crippen LogP contribution in [0.25, 0.3) is 0 Å². The second-order valence-electron chi connectivity index (χ2n) is 5.46. The topological polar surface area (TPSA) is 33.7 Å². The molecule has 1 aliphatic heterocycles. The molecule has 5 heteroatoms. The first-order valence-corrected chi connectivity index (χ1v) is 7.71. The van der Waals surface area contributed by atoms with Crippen LogP contribution in [0.3, 0.4) is 0 Å². The number of nitrogens with one attached hydrogen (secondary N) is 1. The van der Waals surface area contributed by atoms with Gasteiger partial charge in [-0.3, -0.25) is 4.90 Å². The van der Waals surface area contributed by atoms with E-state index in [1.54, 1.807) is 14.2 Å². The fourth-order valence-corrected chi connectivity index (χ4v) is 3.34. The summed E-state index contributed by atoms with van der Waals surface area (Å²) in [5.41, 5.74) is 1.16. The summed E-state index contributed by atoms with van der Waals surface area (Å²) in [6.45, 7) is 7.42. The molecule has 0 aromatic heterocycles. The Balaban J connectivity index is 2.19. The fraction of sp³-hybridized carbons (Fsp3) is 0.600. The summed E-state index contributed by atoms with van der Waals surface area (Å²) in [5.74, 6) is 1.74. The Morgan fingerprint density at radius 2 is 1.75 bits per heavy atom. The van der Waals surface area contributed by atoms with E-state index in [4.69, 9.17) is 9.47 Å². The van der Waals surface area contributed by atoms with Crippen LogP contribution in [0.2, 0.25) is 0 Å². The van der Waals surface area contributed by atoms with Gasteiger partial charge in [-0.25, -0.2) is 0 Å². The van der Waals surface area contributed by atoms with Gasteiger partial charge in [-0.15, -0.1) is 0 Å². The molecule has 0 saturated carbocycles. The van der Waals surface area contributed by atoms with E-state index in [-0.39, 0.29) is 0 Å². The number of methoxy groups -OCH3 is 2. The summed E-state index contributed by atoms with van der Waals surface area (Å²) in [4.78, 5) is 2.46. The van der Waals surface area contributed by atoms with Gasteiger partial charge in [-0.2, -0.15) is 0 Å². The highest BCUT2D eigenvalue weighted by molar-refractivity contribution is 9.10. The number of ether oxygens (including phenoxy) is 2. The highest BCUT2D eigenvalue weighted by Crippen LogP contribution is 2.33. The number of hydrogen-bond acceptors (Lipinski definition) is 4. The zero-order chi connectivity index (χ0) is 14.7. The molecule has 1 saturated heterocycles. The molecule has 1 fully saturated rings. The third kappa shape index (κ3) is 3.65. The first-order chi connectivity index (χ1) is 9.53. The molecule has 0 spiro atoms. The lowest BCUT2D eigenvalue weighted by Gasteiger charge is -2.36. The van der Waals surface area contributed by atoms with Gasteiger partial charge in [-0.05, 0) is 41.9 Å². The van der Waals surface area contributed by atoms with Crippen molar-refractivity contribution in [3.63, 3.8) is 0 Å². The first kappa shape index (κ1) is 15.6. The van der Waals surface area contributed by atoms with Crippen molar-refractivity contribution in [1.29, 1.82) is 0 Å². The van der Waals surface area contributed by atoms with Crippen LogP contribution in [-0.4, -0.2) is 44.3 Å². The summed E-state index contributed by atoms with van der Waals surface area (Å²) in [6, 6.07) is 5.06. The van der Waals surface area contributed by atoms with E-state index in [0.717, 1.165) is 41.2 Å². The average molecular weight is 343 g/mol. The number of piperazine rings is 1. The molecule has 112 valence electrons. The van der Waals surface area contributed by atoms with Crippen molar-refractivity contribution in [3.8, 4) is 11.5 Å². The van der Waals surface area contributed by atoms with E-state index < -0.39 is 0 Å². The van der Waals surface area contributed by atoms with Crippen molar-refractivity contribution < 1.29 is 9.47 Å². The summed E-state index contributed by atoms with van der Waals surface area (Å²) >= 11 is 3.50. The van der Waals surface area contributed by atoms with Crippen molar-refractivity contribution in [2.75, 3.05) is 27.3 Å². The molecule has 4 nitrogen and oxygen atoms in total. The molecule has 1 aromatic rings. The molecular formula is C15H23BrN2O2. The molecular weight excluding hydrogens is 320 g/mol. The SMILES string of the molecule is COc1cc(CN2CC(C)NC(C)C2)c(OC)cc1Br. The van der Waals surface area contributed by atoms with Crippen molar-refractivity contribution in [2.24, 2.45) is 0 Å². The van der Waals surface area contributed by atoms with Crippen LogP contribution in [0.15, 0.2) is 16.6 Å². The molecule has 1 N–H and O–H groups in total. The smallest absolute Gasteiger partial charge is 0.133 e. The van der Waals surface area contributed by atoms with Gasteiger partial charge in [0, 0.05) is 37.3 Å². The highest BCUT2D eigenvalue weighted by Gasteiger charge is 2.22. The molecule has 1 aromatic carbocycles. The normalized spacial score (nSPS) is 23.6. The summed E-state index contributed by atoms with van der Waals surface area (Å²) in [5, 5.41) is 3.55. The van der Waals surface area contributed by atoms with E-state index in [0.29, 0.717) is 12.1 Å². The summed E-state index contributed by atoms with van der Waals surface area (Å²) in [6.07, 6.45) is 0. The van der Waals surface area contributed by atoms with E-state index in [2.05, 4.69) is 46.1 Å². The predicted octanol–water partition coefficient (Wildman–Crippen LogP) is 2.65. The Labute approximate surface area is 129 Å². The molecule has 0 radical (unpaired) electrons. The van der Waals surface area contributed by atoms with Gasteiger partial charge < -0.3 is 14.8 Å². The summed E-state index contributed by atoms with van der Waals surface area (Å²) in [7, 11) is 3.39. The van der Waals surface area contributed by atoms with Gasteiger partial charge in [0.15, 0.2) is 0 Å². The minimum Gasteiger partial charge on any atom is -0.496 e. The maximum Gasteiger partial charge on any atom is 0.133 e. The molecule has 2 atom stereocenters. The van der Waals surface area contributed by atoms with Gasteiger partial charge in [0.1, 0.15) is 11.5 Å². The van der Waals surface area contributed by atoms with Gasteiger partial charge >= 0.3 is 0 Å². The lowest BCUT2D eigenvalue weighted by Crippen LogP contribution is -2.53. The minimum absolute atomic E-state index is 0.516. The first-order valence-electron chi connectivity index (χ1n) is 6.92. The minimum atomic E-state index is 0.516. The van der Waals surface area contributed by atoms with E-state index >= 15 is 0 Å². The maximum atomic E-state index is 5.49. The third-order valence-corrected chi connectivity index (χ3v) is 4.20. The third-order valence-electron chi connectivity index (χ3n) is 3.58. The van der Waals surface area contributed by atoms with Crippen molar-refractivity contribution in [2.45, 2.75) is 32.5 Å². The van der Waals surface area contributed by atoms with Gasteiger partial charge in [0.2, 0.25) is 0 Å². The van der Waals surface area contributed by atoms with Crippen molar-refractivity contribution in [1.82, 2.24) is 10.2 Å². The van der Waals surface area contributed by atoms with E-state index in [9.17, 15) is 0 Å².